The third-order valence-electron chi connectivity index (χ3n) is 5.29. The summed E-state index contributed by atoms with van der Waals surface area (Å²) in [7, 11) is 0. The summed E-state index contributed by atoms with van der Waals surface area (Å²) in [6.07, 6.45) is 3.49. The van der Waals surface area contributed by atoms with Crippen LogP contribution in [0.1, 0.15) is 24.4 Å². The normalized spacial score (nSPS) is 12.1. The lowest BCUT2D eigenvalue weighted by atomic mass is 10.0. The second kappa shape index (κ2) is 8.65. The van der Waals surface area contributed by atoms with E-state index in [0.29, 0.717) is 5.02 Å². The predicted molar refractivity (Wildman–Crippen MR) is 132 cm³/mol. The summed E-state index contributed by atoms with van der Waals surface area (Å²) in [5, 5.41) is 4.21. The molecular weight excluding hydrogens is 438 g/mol. The van der Waals surface area contributed by atoms with Crippen LogP contribution in [-0.2, 0) is 0 Å². The number of pyridine rings is 1. The molecule has 0 saturated carbocycles. The van der Waals surface area contributed by atoms with E-state index in [0.717, 1.165) is 49.8 Å². The van der Waals surface area contributed by atoms with Gasteiger partial charge >= 0.3 is 0 Å². The lowest BCUT2D eigenvalue weighted by Gasteiger charge is -2.17. The van der Waals surface area contributed by atoms with Gasteiger partial charge in [-0.05, 0) is 49.2 Å². The van der Waals surface area contributed by atoms with Crippen LogP contribution < -0.4 is 5.32 Å². The number of anilines is 1. The number of thiazole rings is 1. The largest absolute Gasteiger partial charge is 0.363 e. The van der Waals surface area contributed by atoms with Crippen molar-refractivity contribution >= 4 is 39.0 Å². The molecule has 2 aromatic carbocycles. The Morgan fingerprint density at radius 3 is 2.78 bits per heavy atom. The Bertz CT molecular complexity index is 1410. The molecule has 0 saturated heterocycles. The van der Waals surface area contributed by atoms with Crippen LogP contribution in [0.3, 0.4) is 0 Å². The molecule has 1 unspecified atom stereocenters. The number of halogens is 1. The first-order chi connectivity index (χ1) is 15.6. The maximum atomic E-state index is 6.37. The van der Waals surface area contributed by atoms with Crippen LogP contribution in [0.15, 0.2) is 72.5 Å². The summed E-state index contributed by atoms with van der Waals surface area (Å²) < 4.78 is 1.15. The van der Waals surface area contributed by atoms with Gasteiger partial charge in [-0.15, -0.1) is 11.3 Å². The van der Waals surface area contributed by atoms with E-state index in [1.54, 1.807) is 29.8 Å². The monoisotopic (exact) mass is 457 g/mol. The first kappa shape index (κ1) is 20.5. The summed E-state index contributed by atoms with van der Waals surface area (Å²) in [5.41, 5.74) is 7.89. The third-order valence-corrected chi connectivity index (χ3v) is 6.42. The molecule has 32 heavy (non-hydrogen) atoms. The fraction of sp³-hybridized carbons (Fsp3) is 0.120. The van der Waals surface area contributed by atoms with Gasteiger partial charge in [-0.3, -0.25) is 4.98 Å². The number of rotatable bonds is 5. The minimum Gasteiger partial charge on any atom is -0.363 e. The van der Waals surface area contributed by atoms with Crippen molar-refractivity contribution in [3.8, 4) is 22.4 Å². The summed E-state index contributed by atoms with van der Waals surface area (Å²) in [6, 6.07) is 18.4. The molecule has 1 N–H and O–H groups in total. The van der Waals surface area contributed by atoms with Crippen LogP contribution in [0.4, 0.5) is 5.82 Å². The van der Waals surface area contributed by atoms with Gasteiger partial charge in [0.1, 0.15) is 11.6 Å². The first-order valence-corrected chi connectivity index (χ1v) is 11.5. The van der Waals surface area contributed by atoms with Crippen LogP contribution in [0.25, 0.3) is 32.6 Å². The fourth-order valence-corrected chi connectivity index (χ4v) is 4.61. The SMILES string of the molecule is Cc1nc(NC(C)c2cccc(-c3cnccc3Cl)c2)cc(-c2ccc3ncsc3c2)n1. The first-order valence-electron chi connectivity index (χ1n) is 10.2. The Hall–Kier alpha value is -3.35. The van der Waals surface area contributed by atoms with E-state index in [4.69, 9.17) is 11.6 Å². The van der Waals surface area contributed by atoms with Gasteiger partial charge in [0.05, 0.1) is 26.4 Å². The zero-order chi connectivity index (χ0) is 22.1. The van der Waals surface area contributed by atoms with E-state index in [-0.39, 0.29) is 6.04 Å². The Morgan fingerprint density at radius 1 is 1.00 bits per heavy atom. The molecule has 0 amide bonds. The van der Waals surface area contributed by atoms with Crippen LogP contribution >= 0.6 is 22.9 Å². The van der Waals surface area contributed by atoms with Crippen molar-refractivity contribution < 1.29 is 0 Å². The van der Waals surface area contributed by atoms with Crippen molar-refractivity contribution in [2.24, 2.45) is 0 Å². The van der Waals surface area contributed by atoms with Gasteiger partial charge in [0, 0.05) is 35.6 Å². The van der Waals surface area contributed by atoms with Crippen molar-refractivity contribution in [2.45, 2.75) is 19.9 Å². The van der Waals surface area contributed by atoms with Gasteiger partial charge in [0.15, 0.2) is 0 Å². The van der Waals surface area contributed by atoms with E-state index in [1.165, 1.54) is 0 Å². The van der Waals surface area contributed by atoms with Gasteiger partial charge in [0.25, 0.3) is 0 Å². The van der Waals surface area contributed by atoms with Crippen LogP contribution in [-0.4, -0.2) is 19.9 Å². The number of benzene rings is 2. The minimum atomic E-state index is 0.0384. The molecule has 5 aromatic rings. The van der Waals surface area contributed by atoms with E-state index in [9.17, 15) is 0 Å². The minimum absolute atomic E-state index is 0.0384. The molecule has 1 atom stereocenters. The molecule has 0 fully saturated rings. The summed E-state index contributed by atoms with van der Waals surface area (Å²) in [4.78, 5) is 17.8. The number of nitrogens with zero attached hydrogens (tertiary/aromatic N) is 4. The molecule has 7 heteroatoms. The molecule has 5 rings (SSSR count). The molecule has 0 bridgehead atoms. The van der Waals surface area contributed by atoms with Crippen molar-refractivity contribution in [1.29, 1.82) is 0 Å². The number of fused-ring (bicyclic) bond motifs is 1. The average molecular weight is 458 g/mol. The van der Waals surface area contributed by atoms with E-state index >= 15 is 0 Å². The molecule has 0 radical (unpaired) electrons. The van der Waals surface area contributed by atoms with Gasteiger partial charge < -0.3 is 5.32 Å². The van der Waals surface area contributed by atoms with Gasteiger partial charge in [-0.2, -0.15) is 0 Å². The van der Waals surface area contributed by atoms with Crippen LogP contribution in [0, 0.1) is 6.92 Å². The second-order valence-electron chi connectivity index (χ2n) is 7.57. The molecule has 0 spiro atoms. The Labute approximate surface area is 195 Å². The summed E-state index contributed by atoms with van der Waals surface area (Å²) in [5.74, 6) is 1.51. The van der Waals surface area contributed by atoms with Gasteiger partial charge in [-0.1, -0.05) is 35.9 Å². The molecule has 158 valence electrons. The molecule has 5 nitrogen and oxygen atoms in total. The van der Waals surface area contributed by atoms with Gasteiger partial charge in [-0.25, -0.2) is 15.0 Å². The zero-order valence-electron chi connectivity index (χ0n) is 17.6. The highest BCUT2D eigenvalue weighted by Gasteiger charge is 2.12. The summed E-state index contributed by atoms with van der Waals surface area (Å²) >= 11 is 8.00. The standard InChI is InChI=1S/C25H20ClN5S/c1-15(17-4-3-5-18(10-17)20-13-27-9-8-21(20)26)29-25-12-23(30-16(2)31-25)19-6-7-22-24(11-19)32-14-28-22/h3-15H,1-2H3,(H,29,30,31). The average Bonchev–Trinajstić information content (AvgIpc) is 3.27. The molecule has 0 aliphatic heterocycles. The number of aryl methyl sites for hydroxylation is 1. The quantitative estimate of drug-likeness (QED) is 0.309. The lowest BCUT2D eigenvalue weighted by molar-refractivity contribution is 0.868. The molecule has 3 aromatic heterocycles. The van der Waals surface area contributed by atoms with Crippen LogP contribution in [0.2, 0.25) is 5.02 Å². The zero-order valence-corrected chi connectivity index (χ0v) is 19.2. The Morgan fingerprint density at radius 2 is 1.91 bits per heavy atom. The molecule has 0 aliphatic carbocycles. The Kier molecular flexibility index (Phi) is 5.55. The lowest BCUT2D eigenvalue weighted by Crippen LogP contribution is -2.09. The Balaban J connectivity index is 1.43. The molecular formula is C25H20ClN5S. The highest BCUT2D eigenvalue weighted by molar-refractivity contribution is 7.16. The highest BCUT2D eigenvalue weighted by atomic mass is 35.5. The van der Waals surface area contributed by atoms with Crippen molar-refractivity contribution in [2.75, 3.05) is 5.32 Å². The van der Waals surface area contributed by atoms with Crippen molar-refractivity contribution in [3.63, 3.8) is 0 Å². The number of aromatic nitrogens is 4. The van der Waals surface area contributed by atoms with Crippen molar-refractivity contribution in [3.05, 3.63) is 88.9 Å². The summed E-state index contributed by atoms with van der Waals surface area (Å²) in [6.45, 7) is 4.03. The van der Waals surface area contributed by atoms with E-state index in [2.05, 4.69) is 56.4 Å². The second-order valence-corrected chi connectivity index (χ2v) is 8.86. The molecule has 3 heterocycles. The third kappa shape index (κ3) is 4.20. The van der Waals surface area contributed by atoms with Crippen molar-refractivity contribution in [1.82, 2.24) is 19.9 Å². The van der Waals surface area contributed by atoms with E-state index < -0.39 is 0 Å². The predicted octanol–water partition coefficient (Wildman–Crippen LogP) is 6.95. The maximum absolute atomic E-state index is 6.37. The topological polar surface area (TPSA) is 63.6 Å². The molecule has 0 aliphatic rings. The smallest absolute Gasteiger partial charge is 0.130 e. The number of nitrogens with one attached hydrogen (secondary N) is 1. The van der Waals surface area contributed by atoms with E-state index in [1.807, 2.05) is 36.7 Å². The maximum Gasteiger partial charge on any atom is 0.130 e. The highest BCUT2D eigenvalue weighted by Crippen LogP contribution is 2.30. The fourth-order valence-electron chi connectivity index (χ4n) is 3.67. The number of hydrogen-bond donors (Lipinski definition) is 1. The number of hydrogen-bond acceptors (Lipinski definition) is 6. The van der Waals surface area contributed by atoms with Crippen LogP contribution in [0.5, 0.6) is 0 Å². The van der Waals surface area contributed by atoms with Gasteiger partial charge in [0.2, 0.25) is 0 Å².